The van der Waals surface area contributed by atoms with E-state index in [1.165, 1.54) is 0 Å². The van der Waals surface area contributed by atoms with Crippen molar-refractivity contribution in [3.05, 3.63) is 59.1 Å². The van der Waals surface area contributed by atoms with E-state index in [0.29, 0.717) is 22.0 Å². The zero-order valence-electron chi connectivity index (χ0n) is 15.4. The summed E-state index contributed by atoms with van der Waals surface area (Å²) in [5.74, 6) is 0.0849. The van der Waals surface area contributed by atoms with E-state index in [9.17, 15) is 13.2 Å². The summed E-state index contributed by atoms with van der Waals surface area (Å²) in [5.41, 5.74) is 0.680. The van der Waals surface area contributed by atoms with Gasteiger partial charge in [-0.1, -0.05) is 29.0 Å². The summed E-state index contributed by atoms with van der Waals surface area (Å²) in [7, 11) is -3.97. The fraction of sp³-hybridized carbons (Fsp3) is 0.167. The Bertz CT molecular complexity index is 1110. The normalized spacial score (nSPS) is 11.3. The summed E-state index contributed by atoms with van der Waals surface area (Å²) in [4.78, 5) is 12.2. The third kappa shape index (κ3) is 5.66. The van der Waals surface area contributed by atoms with Gasteiger partial charge in [0.25, 0.3) is 20.3 Å². The molecular formula is C18H17ClN4O4S2. The first-order valence-electron chi connectivity index (χ1n) is 8.43. The first-order chi connectivity index (χ1) is 13.7. The summed E-state index contributed by atoms with van der Waals surface area (Å²) in [6.07, 6.45) is -0.0446. The van der Waals surface area contributed by atoms with Gasteiger partial charge in [0.05, 0.1) is 11.8 Å². The maximum Gasteiger partial charge on any atom is 0.291 e. The van der Waals surface area contributed by atoms with E-state index >= 15 is 0 Å². The molecule has 0 radical (unpaired) electrons. The highest BCUT2D eigenvalue weighted by Gasteiger charge is 2.21. The molecule has 0 aliphatic rings. The number of carbonyl (C=O) groups excluding carboxylic acids is 1. The predicted octanol–water partition coefficient (Wildman–Crippen LogP) is 4.03. The van der Waals surface area contributed by atoms with Gasteiger partial charge >= 0.3 is 0 Å². The average molecular weight is 453 g/mol. The van der Waals surface area contributed by atoms with Gasteiger partial charge in [0.1, 0.15) is 5.75 Å². The highest BCUT2D eigenvalue weighted by Crippen LogP contribution is 2.25. The van der Waals surface area contributed by atoms with Crippen LogP contribution in [-0.4, -0.2) is 30.6 Å². The molecule has 0 aliphatic carbocycles. The minimum atomic E-state index is -3.97. The number of nitrogens with one attached hydrogen (secondary N) is 2. The van der Waals surface area contributed by atoms with Gasteiger partial charge in [-0.2, -0.15) is 8.42 Å². The molecule has 152 valence electrons. The molecule has 0 fully saturated rings. The first kappa shape index (κ1) is 21.0. The van der Waals surface area contributed by atoms with E-state index in [-0.39, 0.29) is 15.6 Å². The SMILES string of the molecule is CC(C)Oc1cccc(NS(=O)(=O)c2nnc(NC(=O)c3ccc(Cl)cc3)s2)c1. The number of hydrogen-bond donors (Lipinski definition) is 2. The molecule has 0 atom stereocenters. The fourth-order valence-electron chi connectivity index (χ4n) is 2.24. The fourth-order valence-corrected chi connectivity index (χ4v) is 4.32. The molecule has 0 unspecified atom stereocenters. The average Bonchev–Trinajstić information content (AvgIpc) is 3.11. The topological polar surface area (TPSA) is 110 Å². The molecule has 29 heavy (non-hydrogen) atoms. The van der Waals surface area contributed by atoms with Gasteiger partial charge in [0, 0.05) is 16.7 Å². The Morgan fingerprint density at radius 1 is 1.14 bits per heavy atom. The molecule has 0 bridgehead atoms. The molecule has 1 heterocycles. The lowest BCUT2D eigenvalue weighted by Crippen LogP contribution is -2.13. The molecule has 0 saturated carbocycles. The van der Waals surface area contributed by atoms with Gasteiger partial charge in [-0.05, 0) is 50.2 Å². The van der Waals surface area contributed by atoms with Crippen molar-refractivity contribution in [1.82, 2.24) is 10.2 Å². The molecule has 0 saturated heterocycles. The number of aromatic nitrogens is 2. The molecule has 2 N–H and O–H groups in total. The van der Waals surface area contributed by atoms with E-state index in [0.717, 1.165) is 11.3 Å². The number of sulfonamides is 1. The van der Waals surface area contributed by atoms with Crippen LogP contribution in [0.4, 0.5) is 10.8 Å². The molecule has 8 nitrogen and oxygen atoms in total. The molecule has 3 aromatic rings. The number of anilines is 2. The number of rotatable bonds is 7. The minimum Gasteiger partial charge on any atom is -0.491 e. The van der Waals surface area contributed by atoms with Crippen LogP contribution >= 0.6 is 22.9 Å². The molecule has 1 amide bonds. The van der Waals surface area contributed by atoms with Crippen molar-refractivity contribution < 1.29 is 17.9 Å². The Kier molecular flexibility index (Phi) is 6.36. The van der Waals surface area contributed by atoms with E-state index in [2.05, 4.69) is 20.2 Å². The van der Waals surface area contributed by atoms with Crippen molar-refractivity contribution in [3.8, 4) is 5.75 Å². The van der Waals surface area contributed by atoms with Gasteiger partial charge < -0.3 is 4.74 Å². The second-order valence-corrected chi connectivity index (χ2v) is 9.40. The van der Waals surface area contributed by atoms with Gasteiger partial charge in [0.15, 0.2) is 0 Å². The van der Waals surface area contributed by atoms with Crippen molar-refractivity contribution in [3.63, 3.8) is 0 Å². The van der Waals surface area contributed by atoms with Crippen molar-refractivity contribution >= 4 is 49.7 Å². The Morgan fingerprint density at radius 2 is 1.86 bits per heavy atom. The lowest BCUT2D eigenvalue weighted by molar-refractivity contribution is 0.102. The molecule has 0 spiro atoms. The highest BCUT2D eigenvalue weighted by atomic mass is 35.5. The van der Waals surface area contributed by atoms with Crippen LogP contribution in [0, 0.1) is 0 Å². The van der Waals surface area contributed by atoms with Crippen molar-refractivity contribution in [2.45, 2.75) is 24.3 Å². The van der Waals surface area contributed by atoms with Gasteiger partial charge in [-0.25, -0.2) is 0 Å². The molecular weight excluding hydrogens is 436 g/mol. The van der Waals surface area contributed by atoms with Crippen LogP contribution in [-0.2, 0) is 10.0 Å². The number of halogens is 1. The third-order valence-corrected chi connectivity index (χ3v) is 6.26. The lowest BCUT2D eigenvalue weighted by Gasteiger charge is -2.11. The summed E-state index contributed by atoms with van der Waals surface area (Å²) in [5, 5.41) is 10.5. The van der Waals surface area contributed by atoms with E-state index in [1.54, 1.807) is 48.5 Å². The number of hydrogen-bond acceptors (Lipinski definition) is 7. The molecule has 11 heteroatoms. The smallest absolute Gasteiger partial charge is 0.291 e. The van der Waals surface area contributed by atoms with Crippen LogP contribution in [0.1, 0.15) is 24.2 Å². The second-order valence-electron chi connectivity index (χ2n) is 6.13. The highest BCUT2D eigenvalue weighted by molar-refractivity contribution is 7.94. The molecule has 2 aromatic carbocycles. The standard InChI is InChI=1S/C18H17ClN4O4S2/c1-11(2)27-15-5-3-4-14(10-15)23-29(25,26)18-22-21-17(28-18)20-16(24)12-6-8-13(19)9-7-12/h3-11,23H,1-2H3,(H,20,21,24). The van der Waals surface area contributed by atoms with Crippen LogP contribution < -0.4 is 14.8 Å². The Hall–Kier alpha value is -2.69. The van der Waals surface area contributed by atoms with Gasteiger partial charge in [-0.3, -0.25) is 14.8 Å². The summed E-state index contributed by atoms with van der Waals surface area (Å²) in [6.45, 7) is 3.75. The number of ether oxygens (including phenoxy) is 1. The van der Waals surface area contributed by atoms with Crippen LogP contribution in [0.25, 0.3) is 0 Å². The summed E-state index contributed by atoms with van der Waals surface area (Å²) in [6, 6.07) is 12.8. The molecule has 3 rings (SSSR count). The minimum absolute atomic E-state index is 0.0446. The second kappa shape index (κ2) is 8.76. The van der Waals surface area contributed by atoms with E-state index in [1.807, 2.05) is 13.8 Å². The maximum atomic E-state index is 12.6. The van der Waals surface area contributed by atoms with E-state index < -0.39 is 15.9 Å². The largest absolute Gasteiger partial charge is 0.491 e. The Labute approximate surface area is 176 Å². The molecule has 0 aliphatic heterocycles. The van der Waals surface area contributed by atoms with E-state index in [4.69, 9.17) is 16.3 Å². The predicted molar refractivity (Wildman–Crippen MR) is 112 cm³/mol. The zero-order valence-corrected chi connectivity index (χ0v) is 17.8. The van der Waals surface area contributed by atoms with Crippen LogP contribution in [0.3, 0.4) is 0 Å². The van der Waals surface area contributed by atoms with Crippen LogP contribution in [0.2, 0.25) is 5.02 Å². The number of benzene rings is 2. The lowest BCUT2D eigenvalue weighted by atomic mass is 10.2. The summed E-state index contributed by atoms with van der Waals surface area (Å²) < 4.78 is 32.8. The summed E-state index contributed by atoms with van der Waals surface area (Å²) >= 11 is 6.54. The third-order valence-electron chi connectivity index (χ3n) is 3.42. The van der Waals surface area contributed by atoms with Crippen LogP contribution in [0.5, 0.6) is 5.75 Å². The number of carbonyl (C=O) groups is 1. The maximum absolute atomic E-state index is 12.6. The molecule has 1 aromatic heterocycles. The van der Waals surface area contributed by atoms with Gasteiger partial charge in [-0.15, -0.1) is 10.2 Å². The number of nitrogens with zero attached hydrogens (tertiary/aromatic N) is 2. The Morgan fingerprint density at radius 3 is 2.55 bits per heavy atom. The quantitative estimate of drug-likeness (QED) is 0.523. The van der Waals surface area contributed by atoms with Crippen LogP contribution in [0.15, 0.2) is 52.9 Å². The zero-order chi connectivity index (χ0) is 21.0. The van der Waals surface area contributed by atoms with Crippen molar-refractivity contribution in [1.29, 1.82) is 0 Å². The van der Waals surface area contributed by atoms with Gasteiger partial charge in [0.2, 0.25) is 5.13 Å². The van der Waals surface area contributed by atoms with Crippen molar-refractivity contribution in [2.75, 3.05) is 10.0 Å². The number of amides is 1. The first-order valence-corrected chi connectivity index (χ1v) is 11.1. The Balaban J connectivity index is 1.71. The monoisotopic (exact) mass is 452 g/mol. The van der Waals surface area contributed by atoms with Crippen molar-refractivity contribution in [2.24, 2.45) is 0 Å².